The fourth-order valence-electron chi connectivity index (χ4n) is 3.27. The van der Waals surface area contributed by atoms with Crippen LogP contribution in [0, 0.1) is 0 Å². The van der Waals surface area contributed by atoms with Gasteiger partial charge in [-0.1, -0.05) is 41.9 Å². The summed E-state index contributed by atoms with van der Waals surface area (Å²) < 4.78 is 6.97. The molecule has 4 rings (SSSR count). The Balaban J connectivity index is 1.76. The third-order valence-electron chi connectivity index (χ3n) is 4.69. The molecule has 0 bridgehead atoms. The zero-order valence-corrected chi connectivity index (χ0v) is 16.6. The van der Waals surface area contributed by atoms with Crippen LogP contribution in [-0.4, -0.2) is 33.9 Å². The first-order chi connectivity index (χ1) is 14.5. The fourth-order valence-corrected chi connectivity index (χ4v) is 3.45. The quantitative estimate of drug-likeness (QED) is 0.575. The average molecular weight is 425 g/mol. The maximum Gasteiger partial charge on any atom is 0.352 e. The second kappa shape index (κ2) is 7.92. The Hall–Kier alpha value is -3.78. The molecule has 0 radical (unpaired) electrons. The largest absolute Gasteiger partial charge is 0.496 e. The minimum atomic E-state index is -1.15. The Bertz CT molecular complexity index is 1170. The molecule has 0 fully saturated rings. The van der Waals surface area contributed by atoms with Crippen LogP contribution >= 0.6 is 11.6 Å². The third-order valence-corrected chi connectivity index (χ3v) is 5.02. The standard InChI is InChI=1S/C21H17ClN4O4/c1-30-18-9-5-2-6-12(18)17-10-16(21(28)29)24-19-13(11-23-26(17)19)20(27)25-15-8-4-3-7-14(15)22/h2-11,17,24H,1H3,(H,25,27)(H,28,29)/t17-/m0/s1. The van der Waals surface area contributed by atoms with Gasteiger partial charge in [0.05, 0.1) is 24.0 Å². The van der Waals surface area contributed by atoms with Crippen molar-refractivity contribution in [2.45, 2.75) is 6.04 Å². The first kappa shape index (κ1) is 19.5. The van der Waals surface area contributed by atoms with Crippen LogP contribution in [0.5, 0.6) is 5.75 Å². The molecule has 1 amide bonds. The van der Waals surface area contributed by atoms with E-state index in [9.17, 15) is 14.7 Å². The van der Waals surface area contributed by atoms with Gasteiger partial charge in [-0.05, 0) is 24.3 Å². The lowest BCUT2D eigenvalue weighted by Crippen LogP contribution is -2.26. The van der Waals surface area contributed by atoms with E-state index in [0.29, 0.717) is 22.0 Å². The average Bonchev–Trinajstić information content (AvgIpc) is 3.19. The number of methoxy groups -OCH3 is 1. The van der Waals surface area contributed by atoms with Gasteiger partial charge in [-0.15, -0.1) is 0 Å². The summed E-state index contributed by atoms with van der Waals surface area (Å²) in [6, 6.07) is 13.5. The van der Waals surface area contributed by atoms with E-state index in [2.05, 4.69) is 15.7 Å². The maximum absolute atomic E-state index is 12.9. The number of carbonyl (C=O) groups excluding carboxylic acids is 1. The van der Waals surface area contributed by atoms with Crippen LogP contribution in [0.15, 0.2) is 66.5 Å². The molecule has 1 aliphatic rings. The van der Waals surface area contributed by atoms with E-state index in [1.165, 1.54) is 19.4 Å². The molecule has 2 heterocycles. The number of rotatable bonds is 5. The molecule has 1 aliphatic heterocycles. The molecule has 3 aromatic rings. The van der Waals surface area contributed by atoms with Crippen LogP contribution < -0.4 is 15.4 Å². The van der Waals surface area contributed by atoms with Crippen LogP contribution in [0.1, 0.15) is 22.0 Å². The second-order valence-corrected chi connectivity index (χ2v) is 6.89. The van der Waals surface area contributed by atoms with Gasteiger partial charge in [-0.2, -0.15) is 5.10 Å². The molecule has 1 aromatic heterocycles. The van der Waals surface area contributed by atoms with Crippen molar-refractivity contribution in [3.05, 3.63) is 82.7 Å². The molecule has 0 saturated heterocycles. The highest BCUT2D eigenvalue weighted by molar-refractivity contribution is 6.34. The van der Waals surface area contributed by atoms with Crippen molar-refractivity contribution in [1.82, 2.24) is 9.78 Å². The fraction of sp³-hybridized carbons (Fsp3) is 0.0952. The topological polar surface area (TPSA) is 105 Å². The van der Waals surface area contributed by atoms with Gasteiger partial charge in [0.15, 0.2) is 0 Å². The van der Waals surface area contributed by atoms with E-state index in [-0.39, 0.29) is 17.1 Å². The van der Waals surface area contributed by atoms with Crippen molar-refractivity contribution in [1.29, 1.82) is 0 Å². The first-order valence-corrected chi connectivity index (χ1v) is 9.36. The van der Waals surface area contributed by atoms with Gasteiger partial charge in [0.1, 0.15) is 28.9 Å². The maximum atomic E-state index is 12.9. The van der Waals surface area contributed by atoms with Gasteiger partial charge in [-0.25, -0.2) is 9.48 Å². The van der Waals surface area contributed by atoms with Gasteiger partial charge >= 0.3 is 5.97 Å². The summed E-state index contributed by atoms with van der Waals surface area (Å²) >= 11 is 6.12. The molecule has 3 N–H and O–H groups in total. The summed E-state index contributed by atoms with van der Waals surface area (Å²) in [6.45, 7) is 0. The zero-order chi connectivity index (χ0) is 21.3. The molecule has 1 atom stereocenters. The molecule has 0 spiro atoms. The number of fused-ring (bicyclic) bond motifs is 1. The van der Waals surface area contributed by atoms with Crippen LogP contribution in [-0.2, 0) is 4.79 Å². The number of para-hydroxylation sites is 2. The summed E-state index contributed by atoms with van der Waals surface area (Å²) in [5, 5.41) is 19.8. The van der Waals surface area contributed by atoms with E-state index >= 15 is 0 Å². The van der Waals surface area contributed by atoms with Gasteiger partial charge in [0.2, 0.25) is 0 Å². The molecule has 8 nitrogen and oxygen atoms in total. The van der Waals surface area contributed by atoms with E-state index in [4.69, 9.17) is 16.3 Å². The third kappa shape index (κ3) is 3.48. The number of anilines is 2. The molecular formula is C21H17ClN4O4. The number of carboxylic acid groups (broad SMARTS) is 1. The number of halogens is 1. The number of aromatic nitrogens is 2. The Kier molecular flexibility index (Phi) is 5.16. The molecular weight excluding hydrogens is 408 g/mol. The number of nitrogens with one attached hydrogen (secondary N) is 2. The number of benzene rings is 2. The lowest BCUT2D eigenvalue weighted by atomic mass is 10.0. The van der Waals surface area contributed by atoms with Crippen LogP contribution in [0.2, 0.25) is 5.02 Å². The lowest BCUT2D eigenvalue weighted by molar-refractivity contribution is -0.132. The van der Waals surface area contributed by atoms with E-state index in [0.717, 1.165) is 0 Å². The molecule has 0 aliphatic carbocycles. The zero-order valence-electron chi connectivity index (χ0n) is 15.8. The Morgan fingerprint density at radius 2 is 1.93 bits per heavy atom. The molecule has 30 heavy (non-hydrogen) atoms. The smallest absolute Gasteiger partial charge is 0.352 e. The molecule has 0 unspecified atom stereocenters. The number of aliphatic carboxylic acids is 1. The normalized spacial score (nSPS) is 14.9. The van der Waals surface area contributed by atoms with Crippen molar-refractivity contribution in [2.75, 3.05) is 17.7 Å². The molecule has 0 saturated carbocycles. The number of hydrogen-bond donors (Lipinski definition) is 3. The van der Waals surface area contributed by atoms with Gasteiger partial charge in [0, 0.05) is 5.56 Å². The van der Waals surface area contributed by atoms with Gasteiger partial charge in [-0.3, -0.25) is 4.79 Å². The summed E-state index contributed by atoms with van der Waals surface area (Å²) in [7, 11) is 1.54. The highest BCUT2D eigenvalue weighted by Crippen LogP contribution is 2.36. The number of hydrogen-bond acceptors (Lipinski definition) is 5. The van der Waals surface area contributed by atoms with E-state index in [1.54, 1.807) is 35.0 Å². The van der Waals surface area contributed by atoms with Crippen molar-refractivity contribution >= 4 is 35.0 Å². The van der Waals surface area contributed by atoms with E-state index in [1.807, 2.05) is 18.2 Å². The number of ether oxygens (including phenoxy) is 1. The van der Waals surface area contributed by atoms with Crippen molar-refractivity contribution < 1.29 is 19.4 Å². The van der Waals surface area contributed by atoms with Gasteiger partial charge in [0.25, 0.3) is 5.91 Å². The number of allylic oxidation sites excluding steroid dienone is 1. The Morgan fingerprint density at radius 3 is 2.67 bits per heavy atom. The number of carbonyl (C=O) groups is 2. The van der Waals surface area contributed by atoms with Crippen molar-refractivity contribution in [2.24, 2.45) is 0 Å². The predicted octanol–water partition coefficient (Wildman–Crippen LogP) is 3.78. The highest BCUT2D eigenvalue weighted by Gasteiger charge is 2.30. The first-order valence-electron chi connectivity index (χ1n) is 8.98. The molecule has 9 heteroatoms. The van der Waals surface area contributed by atoms with Crippen LogP contribution in [0.4, 0.5) is 11.5 Å². The Labute approximate surface area is 176 Å². The number of carboxylic acids is 1. The summed E-state index contributed by atoms with van der Waals surface area (Å²) in [6.07, 6.45) is 2.91. The molecule has 2 aromatic carbocycles. The summed E-state index contributed by atoms with van der Waals surface area (Å²) in [4.78, 5) is 24.6. The van der Waals surface area contributed by atoms with Crippen LogP contribution in [0.25, 0.3) is 0 Å². The van der Waals surface area contributed by atoms with Crippen molar-refractivity contribution in [3.63, 3.8) is 0 Å². The summed E-state index contributed by atoms with van der Waals surface area (Å²) in [5.41, 5.74) is 1.27. The Morgan fingerprint density at radius 1 is 1.20 bits per heavy atom. The van der Waals surface area contributed by atoms with Crippen molar-refractivity contribution in [3.8, 4) is 5.75 Å². The number of amides is 1. The van der Waals surface area contributed by atoms with E-state index < -0.39 is 17.9 Å². The predicted molar refractivity (Wildman–Crippen MR) is 112 cm³/mol. The summed E-state index contributed by atoms with van der Waals surface area (Å²) in [5.74, 6) is -0.786. The minimum Gasteiger partial charge on any atom is -0.496 e. The number of nitrogens with zero attached hydrogens (tertiary/aromatic N) is 2. The van der Waals surface area contributed by atoms with Crippen LogP contribution in [0.3, 0.4) is 0 Å². The monoisotopic (exact) mass is 424 g/mol. The van der Waals surface area contributed by atoms with Gasteiger partial charge < -0.3 is 20.5 Å². The second-order valence-electron chi connectivity index (χ2n) is 6.48. The molecule has 152 valence electrons. The SMILES string of the molecule is COc1ccccc1[C@@H]1C=C(C(=O)O)Nc2c(C(=O)Nc3ccccc3Cl)cnn21. The lowest BCUT2D eigenvalue weighted by Gasteiger charge is -2.25. The minimum absolute atomic E-state index is 0.0642. The highest BCUT2D eigenvalue weighted by atomic mass is 35.5.